The standard InChI is InChI=1S/C18H21N3O3S/c1-3-10-19-16(22)12(2)20-17(23)13-6-8-14(9-7-13)21-18(24)15-5-4-11-25-15/h4-9,11-12H,3,10H2,1-2H3,(H,19,22)(H,20,23)(H,21,24)/t12-/m1/s1. The number of thiophene rings is 1. The van der Waals surface area contributed by atoms with Gasteiger partial charge in [-0.05, 0) is 49.1 Å². The molecule has 1 heterocycles. The predicted molar refractivity (Wildman–Crippen MR) is 98.9 cm³/mol. The van der Waals surface area contributed by atoms with Gasteiger partial charge in [-0.25, -0.2) is 0 Å². The molecule has 0 aliphatic heterocycles. The van der Waals surface area contributed by atoms with Crippen molar-refractivity contribution in [3.63, 3.8) is 0 Å². The zero-order chi connectivity index (χ0) is 18.2. The summed E-state index contributed by atoms with van der Waals surface area (Å²) in [4.78, 5) is 36.6. The van der Waals surface area contributed by atoms with Gasteiger partial charge in [0.15, 0.2) is 0 Å². The number of hydrogen-bond donors (Lipinski definition) is 3. The van der Waals surface area contributed by atoms with Crippen LogP contribution >= 0.6 is 11.3 Å². The first-order valence-corrected chi connectivity index (χ1v) is 8.92. The highest BCUT2D eigenvalue weighted by atomic mass is 32.1. The van der Waals surface area contributed by atoms with Crippen molar-refractivity contribution >= 4 is 34.7 Å². The van der Waals surface area contributed by atoms with E-state index in [1.54, 1.807) is 37.3 Å². The van der Waals surface area contributed by atoms with Crippen molar-refractivity contribution in [2.75, 3.05) is 11.9 Å². The van der Waals surface area contributed by atoms with E-state index in [-0.39, 0.29) is 17.7 Å². The average Bonchev–Trinajstić information content (AvgIpc) is 3.14. The van der Waals surface area contributed by atoms with E-state index in [9.17, 15) is 14.4 Å². The van der Waals surface area contributed by atoms with Gasteiger partial charge in [0.1, 0.15) is 6.04 Å². The fraction of sp³-hybridized carbons (Fsp3) is 0.278. The number of rotatable bonds is 7. The van der Waals surface area contributed by atoms with Gasteiger partial charge in [0.05, 0.1) is 4.88 Å². The lowest BCUT2D eigenvalue weighted by atomic mass is 10.1. The second kappa shape index (κ2) is 8.98. The molecule has 0 radical (unpaired) electrons. The monoisotopic (exact) mass is 359 g/mol. The van der Waals surface area contributed by atoms with Crippen molar-refractivity contribution in [2.45, 2.75) is 26.3 Å². The number of benzene rings is 1. The molecule has 132 valence electrons. The third kappa shape index (κ3) is 5.42. The maximum atomic E-state index is 12.2. The van der Waals surface area contributed by atoms with E-state index in [1.807, 2.05) is 18.4 Å². The maximum Gasteiger partial charge on any atom is 0.265 e. The SMILES string of the molecule is CCCNC(=O)[C@@H](C)NC(=O)c1ccc(NC(=O)c2cccs2)cc1. The Bertz CT molecular complexity index is 727. The molecule has 0 saturated heterocycles. The second-order valence-corrected chi connectivity index (χ2v) is 6.44. The molecule has 0 aliphatic carbocycles. The van der Waals surface area contributed by atoms with Gasteiger partial charge in [0, 0.05) is 17.8 Å². The van der Waals surface area contributed by atoms with Crippen LogP contribution in [0.15, 0.2) is 41.8 Å². The molecule has 0 fully saturated rings. The van der Waals surface area contributed by atoms with Crippen molar-refractivity contribution in [3.05, 3.63) is 52.2 Å². The fourth-order valence-corrected chi connectivity index (χ4v) is 2.67. The van der Waals surface area contributed by atoms with Crippen LogP contribution in [0.25, 0.3) is 0 Å². The van der Waals surface area contributed by atoms with Gasteiger partial charge in [-0.3, -0.25) is 14.4 Å². The number of carbonyl (C=O) groups excluding carboxylic acids is 3. The Morgan fingerprint density at radius 2 is 1.80 bits per heavy atom. The van der Waals surface area contributed by atoms with Crippen molar-refractivity contribution in [2.24, 2.45) is 0 Å². The minimum Gasteiger partial charge on any atom is -0.354 e. The van der Waals surface area contributed by atoms with Gasteiger partial charge < -0.3 is 16.0 Å². The highest BCUT2D eigenvalue weighted by Gasteiger charge is 2.16. The molecular formula is C18H21N3O3S. The first kappa shape index (κ1) is 18.7. The summed E-state index contributed by atoms with van der Waals surface area (Å²) in [5.41, 5.74) is 1.02. The Balaban J connectivity index is 1.91. The van der Waals surface area contributed by atoms with Gasteiger partial charge in [-0.1, -0.05) is 13.0 Å². The molecule has 0 spiro atoms. The van der Waals surface area contributed by atoms with Gasteiger partial charge in [-0.15, -0.1) is 11.3 Å². The minimum atomic E-state index is -0.614. The van der Waals surface area contributed by atoms with Crippen molar-refractivity contribution in [3.8, 4) is 0 Å². The van der Waals surface area contributed by atoms with Crippen molar-refractivity contribution in [1.29, 1.82) is 0 Å². The molecule has 7 heteroatoms. The van der Waals surface area contributed by atoms with Crippen LogP contribution in [0.3, 0.4) is 0 Å². The van der Waals surface area contributed by atoms with Crippen LogP contribution in [-0.4, -0.2) is 30.3 Å². The molecule has 1 atom stereocenters. The average molecular weight is 359 g/mol. The highest BCUT2D eigenvalue weighted by Crippen LogP contribution is 2.14. The van der Waals surface area contributed by atoms with Gasteiger partial charge >= 0.3 is 0 Å². The summed E-state index contributed by atoms with van der Waals surface area (Å²) >= 11 is 1.36. The quantitative estimate of drug-likeness (QED) is 0.710. The second-order valence-electron chi connectivity index (χ2n) is 5.49. The minimum absolute atomic E-state index is 0.187. The Morgan fingerprint density at radius 3 is 2.40 bits per heavy atom. The lowest BCUT2D eigenvalue weighted by Gasteiger charge is -2.14. The highest BCUT2D eigenvalue weighted by molar-refractivity contribution is 7.12. The van der Waals surface area contributed by atoms with Crippen molar-refractivity contribution < 1.29 is 14.4 Å². The molecule has 6 nitrogen and oxygen atoms in total. The zero-order valence-electron chi connectivity index (χ0n) is 14.2. The number of amides is 3. The lowest BCUT2D eigenvalue weighted by molar-refractivity contribution is -0.122. The summed E-state index contributed by atoms with van der Waals surface area (Å²) in [7, 11) is 0. The summed E-state index contributed by atoms with van der Waals surface area (Å²) < 4.78 is 0. The Hall–Kier alpha value is -2.67. The fourth-order valence-electron chi connectivity index (χ4n) is 2.05. The lowest BCUT2D eigenvalue weighted by Crippen LogP contribution is -2.44. The first-order chi connectivity index (χ1) is 12.0. The molecule has 3 N–H and O–H groups in total. The molecular weight excluding hydrogens is 338 g/mol. The van der Waals surface area contributed by atoms with E-state index in [0.717, 1.165) is 6.42 Å². The van der Waals surface area contributed by atoms with Crippen LogP contribution in [0.5, 0.6) is 0 Å². The van der Waals surface area contributed by atoms with Gasteiger partial charge in [0.25, 0.3) is 11.8 Å². The Kier molecular flexibility index (Phi) is 6.71. The third-order valence-electron chi connectivity index (χ3n) is 3.44. The number of anilines is 1. The normalized spacial score (nSPS) is 11.4. The molecule has 2 rings (SSSR count). The van der Waals surface area contributed by atoms with E-state index >= 15 is 0 Å². The van der Waals surface area contributed by atoms with E-state index in [4.69, 9.17) is 0 Å². The number of nitrogens with one attached hydrogen (secondary N) is 3. The Morgan fingerprint density at radius 1 is 1.08 bits per heavy atom. The largest absolute Gasteiger partial charge is 0.354 e. The molecule has 25 heavy (non-hydrogen) atoms. The molecule has 0 aliphatic rings. The topological polar surface area (TPSA) is 87.3 Å². The zero-order valence-corrected chi connectivity index (χ0v) is 15.0. The first-order valence-electron chi connectivity index (χ1n) is 8.04. The molecule has 1 aromatic carbocycles. The predicted octanol–water partition coefficient (Wildman–Crippen LogP) is 2.64. The molecule has 0 bridgehead atoms. The van der Waals surface area contributed by atoms with Crippen LogP contribution in [0.1, 0.15) is 40.3 Å². The summed E-state index contributed by atoms with van der Waals surface area (Å²) in [6, 6.07) is 9.46. The molecule has 0 saturated carbocycles. The van der Waals surface area contributed by atoms with Gasteiger partial charge in [-0.2, -0.15) is 0 Å². The van der Waals surface area contributed by atoms with Crippen LogP contribution in [0, 0.1) is 0 Å². The summed E-state index contributed by atoms with van der Waals surface area (Å²) in [6.45, 7) is 4.18. The van der Waals surface area contributed by atoms with Crippen LogP contribution in [0.4, 0.5) is 5.69 Å². The smallest absolute Gasteiger partial charge is 0.265 e. The summed E-state index contributed by atoms with van der Waals surface area (Å²) in [5, 5.41) is 9.99. The summed E-state index contributed by atoms with van der Waals surface area (Å²) in [6.07, 6.45) is 0.838. The summed E-state index contributed by atoms with van der Waals surface area (Å²) in [5.74, 6) is -0.737. The van der Waals surface area contributed by atoms with E-state index < -0.39 is 6.04 Å². The molecule has 2 aromatic rings. The third-order valence-corrected chi connectivity index (χ3v) is 4.31. The van der Waals surface area contributed by atoms with Crippen molar-refractivity contribution in [1.82, 2.24) is 10.6 Å². The van der Waals surface area contributed by atoms with E-state index in [2.05, 4.69) is 16.0 Å². The molecule has 3 amide bonds. The number of carbonyl (C=O) groups is 3. The van der Waals surface area contributed by atoms with Crippen LogP contribution < -0.4 is 16.0 Å². The van der Waals surface area contributed by atoms with Crippen LogP contribution in [0.2, 0.25) is 0 Å². The van der Waals surface area contributed by atoms with Gasteiger partial charge in [0.2, 0.25) is 5.91 Å². The maximum absolute atomic E-state index is 12.2. The molecule has 1 aromatic heterocycles. The van der Waals surface area contributed by atoms with E-state index in [0.29, 0.717) is 22.7 Å². The van der Waals surface area contributed by atoms with E-state index in [1.165, 1.54) is 11.3 Å². The van der Waals surface area contributed by atoms with Crippen LogP contribution in [-0.2, 0) is 4.79 Å². The molecule has 0 unspecified atom stereocenters. The Labute approximate surface area is 150 Å². The number of hydrogen-bond acceptors (Lipinski definition) is 4.